The molecule has 0 radical (unpaired) electrons. The number of hydrogen-bond donors (Lipinski definition) is 1. The number of benzene rings is 1. The molecule has 3 nitrogen and oxygen atoms in total. The predicted octanol–water partition coefficient (Wildman–Crippen LogP) is 2.64. The van der Waals surface area contributed by atoms with Crippen LogP contribution in [-0.4, -0.2) is 16.6 Å². The van der Waals surface area contributed by atoms with Crippen molar-refractivity contribution in [2.45, 2.75) is 6.04 Å². The molecule has 1 aromatic heterocycles. The van der Waals surface area contributed by atoms with Gasteiger partial charge < -0.3 is 5.32 Å². The number of halogens is 2. The van der Waals surface area contributed by atoms with Crippen LogP contribution in [0.5, 0.6) is 0 Å². The van der Waals surface area contributed by atoms with E-state index < -0.39 is 0 Å². The minimum Gasteiger partial charge on any atom is -0.308 e. The molecule has 1 atom stereocenters. The fourth-order valence-corrected chi connectivity index (χ4v) is 2.13. The molecule has 1 N–H and O–H groups in total. The molecule has 6 heteroatoms. The lowest BCUT2D eigenvalue weighted by Crippen LogP contribution is -2.19. The number of nitrogens with one attached hydrogen (secondary N) is 1. The highest BCUT2D eigenvalue weighted by molar-refractivity contribution is 7.03. The van der Waals surface area contributed by atoms with Gasteiger partial charge in [0.15, 0.2) is 0 Å². The maximum atomic E-state index is 13.7. The molecule has 1 aromatic carbocycles. The van der Waals surface area contributed by atoms with Gasteiger partial charge in [-0.25, -0.2) is 4.39 Å². The highest BCUT2D eigenvalue weighted by atomic mass is 35.5. The van der Waals surface area contributed by atoms with Gasteiger partial charge in [-0.1, -0.05) is 22.2 Å². The Kier molecular flexibility index (Phi) is 3.48. The lowest BCUT2D eigenvalue weighted by molar-refractivity contribution is 0.570. The van der Waals surface area contributed by atoms with Crippen molar-refractivity contribution in [1.29, 1.82) is 0 Å². The van der Waals surface area contributed by atoms with Crippen molar-refractivity contribution in [2.75, 3.05) is 7.05 Å². The van der Waals surface area contributed by atoms with Gasteiger partial charge >= 0.3 is 0 Å². The van der Waals surface area contributed by atoms with Gasteiger partial charge in [-0.15, -0.1) is 5.10 Å². The summed E-state index contributed by atoms with van der Waals surface area (Å²) in [7, 11) is 1.75. The summed E-state index contributed by atoms with van der Waals surface area (Å²) in [4.78, 5) is 0. The smallest absolute Gasteiger partial charge is 0.129 e. The molecule has 0 bridgehead atoms. The maximum Gasteiger partial charge on any atom is 0.129 e. The molecular weight excluding hydrogens is 249 g/mol. The fraction of sp³-hybridized carbons (Fsp3) is 0.200. The monoisotopic (exact) mass is 257 g/mol. The van der Waals surface area contributed by atoms with Gasteiger partial charge in [0, 0.05) is 16.0 Å². The topological polar surface area (TPSA) is 37.8 Å². The lowest BCUT2D eigenvalue weighted by Gasteiger charge is -2.14. The Morgan fingerprint density at radius 1 is 1.50 bits per heavy atom. The minimum absolute atomic E-state index is 0.295. The van der Waals surface area contributed by atoms with E-state index in [4.69, 9.17) is 11.6 Å². The molecule has 0 spiro atoms. The lowest BCUT2D eigenvalue weighted by atomic mass is 10.0. The molecular formula is C10H9ClFN3S. The molecule has 0 saturated heterocycles. The third kappa shape index (κ3) is 2.21. The molecule has 0 saturated carbocycles. The van der Waals surface area contributed by atoms with Gasteiger partial charge in [0.2, 0.25) is 0 Å². The minimum atomic E-state index is -0.347. The van der Waals surface area contributed by atoms with E-state index in [0.29, 0.717) is 16.3 Å². The summed E-state index contributed by atoms with van der Waals surface area (Å²) in [6.45, 7) is 0. The van der Waals surface area contributed by atoms with Crippen molar-refractivity contribution in [3.05, 3.63) is 45.7 Å². The Morgan fingerprint density at radius 3 is 2.88 bits per heavy atom. The molecule has 0 aliphatic carbocycles. The standard InChI is InChI=1S/C10H9ClFN3S/c1-13-10(9-5-16-15-14-9)7-3-2-6(11)4-8(7)12/h2-5,10,13H,1H3. The van der Waals surface area contributed by atoms with Crippen LogP contribution in [0.4, 0.5) is 4.39 Å². The summed E-state index contributed by atoms with van der Waals surface area (Å²) in [6, 6.07) is 4.31. The highest BCUT2D eigenvalue weighted by Gasteiger charge is 2.18. The van der Waals surface area contributed by atoms with E-state index >= 15 is 0 Å². The van der Waals surface area contributed by atoms with E-state index in [1.165, 1.54) is 17.6 Å². The molecule has 1 unspecified atom stereocenters. The van der Waals surface area contributed by atoms with Crippen molar-refractivity contribution in [3.8, 4) is 0 Å². The Balaban J connectivity index is 2.41. The van der Waals surface area contributed by atoms with Crippen molar-refractivity contribution in [3.63, 3.8) is 0 Å². The van der Waals surface area contributed by atoms with Crippen molar-refractivity contribution in [2.24, 2.45) is 0 Å². The van der Waals surface area contributed by atoms with Crippen LogP contribution in [0.25, 0.3) is 0 Å². The van der Waals surface area contributed by atoms with Crippen molar-refractivity contribution in [1.82, 2.24) is 14.9 Å². The molecule has 2 aromatic rings. The first-order valence-electron chi connectivity index (χ1n) is 4.61. The molecule has 0 amide bonds. The van der Waals surface area contributed by atoms with Crippen LogP contribution in [0.1, 0.15) is 17.3 Å². The first kappa shape index (κ1) is 11.4. The van der Waals surface area contributed by atoms with Gasteiger partial charge in [0.25, 0.3) is 0 Å². The van der Waals surface area contributed by atoms with Crippen LogP contribution in [0, 0.1) is 5.82 Å². The average molecular weight is 258 g/mol. The molecule has 0 aliphatic rings. The zero-order valence-electron chi connectivity index (χ0n) is 8.45. The van der Waals surface area contributed by atoms with Gasteiger partial charge in [-0.2, -0.15) is 0 Å². The van der Waals surface area contributed by atoms with Gasteiger partial charge in [0.05, 0.1) is 11.7 Å². The quantitative estimate of drug-likeness (QED) is 0.919. The summed E-state index contributed by atoms with van der Waals surface area (Å²) in [5.41, 5.74) is 1.22. The number of hydrogen-bond acceptors (Lipinski definition) is 4. The number of rotatable bonds is 3. The summed E-state index contributed by atoms with van der Waals surface area (Å²) in [5, 5.41) is 9.10. The van der Waals surface area contributed by atoms with E-state index in [9.17, 15) is 4.39 Å². The van der Waals surface area contributed by atoms with Crippen molar-refractivity contribution < 1.29 is 4.39 Å². The van der Waals surface area contributed by atoms with Crippen LogP contribution in [0.15, 0.2) is 23.6 Å². The number of aromatic nitrogens is 2. The van der Waals surface area contributed by atoms with E-state index in [0.717, 1.165) is 0 Å². The maximum absolute atomic E-state index is 13.7. The first-order chi connectivity index (χ1) is 7.72. The van der Waals surface area contributed by atoms with Crippen LogP contribution in [0.3, 0.4) is 0 Å². The van der Waals surface area contributed by atoms with Gasteiger partial charge in [0.1, 0.15) is 5.82 Å². The average Bonchev–Trinajstić information content (AvgIpc) is 2.75. The normalized spacial score (nSPS) is 12.7. The van der Waals surface area contributed by atoms with Crippen LogP contribution < -0.4 is 5.32 Å². The summed E-state index contributed by atoms with van der Waals surface area (Å²) >= 11 is 6.94. The first-order valence-corrected chi connectivity index (χ1v) is 5.83. The van der Waals surface area contributed by atoms with Crippen LogP contribution in [0.2, 0.25) is 5.02 Å². The third-order valence-electron chi connectivity index (χ3n) is 2.23. The molecule has 0 fully saturated rings. The zero-order chi connectivity index (χ0) is 11.5. The molecule has 0 aliphatic heterocycles. The zero-order valence-corrected chi connectivity index (χ0v) is 10.0. The second-order valence-electron chi connectivity index (χ2n) is 3.22. The van der Waals surface area contributed by atoms with Crippen LogP contribution >= 0.6 is 23.1 Å². The molecule has 1 heterocycles. The predicted molar refractivity (Wildman–Crippen MR) is 62.2 cm³/mol. The largest absolute Gasteiger partial charge is 0.308 e. The van der Waals surface area contributed by atoms with E-state index in [1.54, 1.807) is 24.6 Å². The highest BCUT2D eigenvalue weighted by Crippen LogP contribution is 2.25. The summed E-state index contributed by atoms with van der Waals surface area (Å²) < 4.78 is 17.5. The Morgan fingerprint density at radius 2 is 2.31 bits per heavy atom. The van der Waals surface area contributed by atoms with E-state index in [1.807, 2.05) is 0 Å². The second-order valence-corrected chi connectivity index (χ2v) is 4.26. The summed E-state index contributed by atoms with van der Waals surface area (Å²) in [6.07, 6.45) is 0. The Bertz CT molecular complexity index is 475. The van der Waals surface area contributed by atoms with Gasteiger partial charge in [-0.05, 0) is 30.7 Å². The number of nitrogens with zero attached hydrogens (tertiary/aromatic N) is 2. The van der Waals surface area contributed by atoms with Gasteiger partial charge in [-0.3, -0.25) is 0 Å². The molecule has 84 valence electrons. The Labute approximate surface area is 101 Å². The van der Waals surface area contributed by atoms with E-state index in [2.05, 4.69) is 14.9 Å². The Hall–Kier alpha value is -1.04. The SMILES string of the molecule is CNC(c1csnn1)c1ccc(Cl)cc1F. The van der Waals surface area contributed by atoms with E-state index in [-0.39, 0.29) is 11.9 Å². The second kappa shape index (κ2) is 4.86. The van der Waals surface area contributed by atoms with Crippen LogP contribution in [-0.2, 0) is 0 Å². The summed E-state index contributed by atoms with van der Waals surface area (Å²) in [5.74, 6) is -0.347. The fourth-order valence-electron chi connectivity index (χ4n) is 1.50. The third-order valence-corrected chi connectivity index (χ3v) is 2.99. The molecule has 16 heavy (non-hydrogen) atoms. The molecule has 2 rings (SSSR count). The van der Waals surface area contributed by atoms with Crippen molar-refractivity contribution >= 4 is 23.1 Å².